The van der Waals surface area contributed by atoms with Gasteiger partial charge in [-0.1, -0.05) is 18.3 Å². The number of hydrogen-bond donors (Lipinski definition) is 2. The van der Waals surface area contributed by atoms with Crippen molar-refractivity contribution in [3.63, 3.8) is 0 Å². The average Bonchev–Trinajstić information content (AvgIpc) is 2.79. The van der Waals surface area contributed by atoms with Gasteiger partial charge in [0.2, 0.25) is 5.91 Å². The quantitative estimate of drug-likeness (QED) is 0.510. The molecule has 9 heteroatoms. The summed E-state index contributed by atoms with van der Waals surface area (Å²) in [6, 6.07) is 4.45. The van der Waals surface area contributed by atoms with Crippen LogP contribution in [0.2, 0.25) is 0 Å². The number of nitrogens with one attached hydrogen (secondary N) is 2. The minimum Gasteiger partial charge on any atom is -0.308 e. The van der Waals surface area contributed by atoms with Crippen LogP contribution in [0.25, 0.3) is 10.2 Å². The van der Waals surface area contributed by atoms with Crippen molar-refractivity contribution in [1.82, 2.24) is 10.3 Å². The summed E-state index contributed by atoms with van der Waals surface area (Å²) in [6.45, 7) is 1.90. The van der Waals surface area contributed by atoms with Gasteiger partial charge < -0.3 is 10.6 Å². The number of nitro benzene ring substituents is 1. The molecule has 0 atom stereocenters. The molecule has 110 valence electrons. The lowest BCUT2D eigenvalue weighted by atomic mass is 10.3. The summed E-state index contributed by atoms with van der Waals surface area (Å²) in [5, 5.41) is 16.7. The monoisotopic (exact) mass is 324 g/mol. The lowest BCUT2D eigenvalue weighted by molar-refractivity contribution is -0.384. The van der Waals surface area contributed by atoms with Crippen LogP contribution in [0, 0.1) is 10.1 Å². The number of aromatic nitrogens is 1. The average molecular weight is 324 g/mol. The number of hydrogen-bond acceptors (Lipinski definition) is 6. The Hall–Kier alpha value is -2.13. The summed E-state index contributed by atoms with van der Waals surface area (Å²) in [5.74, 6) is -0.160. The Balaban J connectivity index is 2.10. The van der Waals surface area contributed by atoms with Crippen molar-refractivity contribution in [1.29, 1.82) is 0 Å². The number of nitro groups is 1. The molecule has 0 saturated heterocycles. The number of carbonyl (C=O) groups excluding carboxylic acids is 1. The second kappa shape index (κ2) is 6.55. The van der Waals surface area contributed by atoms with Gasteiger partial charge in [-0.05, 0) is 24.7 Å². The first-order chi connectivity index (χ1) is 9.99. The van der Waals surface area contributed by atoms with Crippen molar-refractivity contribution in [3.05, 3.63) is 28.3 Å². The smallest absolute Gasteiger partial charge is 0.271 e. The summed E-state index contributed by atoms with van der Waals surface area (Å²) in [5.41, 5.74) is 0.498. The number of non-ortho nitro benzene ring substituents is 1. The maximum atomic E-state index is 11.4. The number of rotatable bonds is 4. The van der Waals surface area contributed by atoms with Crippen LogP contribution in [0.4, 0.5) is 10.8 Å². The second-order valence-electron chi connectivity index (χ2n) is 4.18. The zero-order chi connectivity index (χ0) is 15.4. The lowest BCUT2D eigenvalue weighted by Crippen LogP contribution is -2.33. The Morgan fingerprint density at radius 3 is 2.95 bits per heavy atom. The third kappa shape index (κ3) is 3.92. The Morgan fingerprint density at radius 1 is 1.52 bits per heavy atom. The normalized spacial score (nSPS) is 10.3. The largest absolute Gasteiger partial charge is 0.308 e. The number of nitrogens with zero attached hydrogens (tertiary/aromatic N) is 2. The molecule has 1 heterocycles. The molecule has 2 N–H and O–H groups in total. The highest BCUT2D eigenvalue weighted by molar-refractivity contribution is 7.80. The minimum atomic E-state index is -0.471. The zero-order valence-electron chi connectivity index (χ0n) is 11.1. The Morgan fingerprint density at radius 2 is 2.29 bits per heavy atom. The van der Waals surface area contributed by atoms with Gasteiger partial charge in [-0.15, -0.1) is 0 Å². The molecule has 21 heavy (non-hydrogen) atoms. The fourth-order valence-corrected chi connectivity index (χ4v) is 2.75. The van der Waals surface area contributed by atoms with Gasteiger partial charge in [-0.3, -0.25) is 14.9 Å². The summed E-state index contributed by atoms with van der Waals surface area (Å²) in [7, 11) is 0. The molecule has 0 unspecified atom stereocenters. The van der Waals surface area contributed by atoms with Gasteiger partial charge in [-0.2, -0.15) is 0 Å². The summed E-state index contributed by atoms with van der Waals surface area (Å²) >= 11 is 6.32. The number of thiazole rings is 1. The molecule has 0 aliphatic heterocycles. The summed E-state index contributed by atoms with van der Waals surface area (Å²) < 4.78 is 0.797. The maximum Gasteiger partial charge on any atom is 0.271 e. The van der Waals surface area contributed by atoms with Crippen LogP contribution < -0.4 is 10.6 Å². The van der Waals surface area contributed by atoms with E-state index in [9.17, 15) is 14.9 Å². The highest BCUT2D eigenvalue weighted by atomic mass is 32.1. The van der Waals surface area contributed by atoms with Crippen LogP contribution in [0.5, 0.6) is 0 Å². The fraction of sp³-hybridized carbons (Fsp3) is 0.250. The predicted molar refractivity (Wildman–Crippen MR) is 85.5 cm³/mol. The molecular weight excluding hydrogens is 312 g/mol. The van der Waals surface area contributed by atoms with Crippen molar-refractivity contribution in [2.45, 2.75) is 19.8 Å². The van der Waals surface area contributed by atoms with Crippen LogP contribution in [0.15, 0.2) is 18.2 Å². The number of anilines is 1. The Bertz CT molecular complexity index is 714. The van der Waals surface area contributed by atoms with E-state index < -0.39 is 4.92 Å². The van der Waals surface area contributed by atoms with E-state index in [1.165, 1.54) is 23.5 Å². The molecule has 7 nitrogen and oxygen atoms in total. The zero-order valence-corrected chi connectivity index (χ0v) is 12.7. The standard InChI is InChI=1S/C12H12N4O3S2/c1-2-3-10(17)14-11(20)15-12-13-8-6-7(16(18)19)4-5-9(8)21-12/h4-6H,2-3H2,1H3,(H2,13,14,15,17,20). The number of fused-ring (bicyclic) bond motifs is 1. The predicted octanol–water partition coefficient (Wildman–Crippen LogP) is 2.82. The van der Waals surface area contributed by atoms with E-state index in [1.54, 1.807) is 6.07 Å². The lowest BCUT2D eigenvalue weighted by Gasteiger charge is -2.05. The van der Waals surface area contributed by atoms with Gasteiger partial charge in [0.25, 0.3) is 5.69 Å². The van der Waals surface area contributed by atoms with Crippen molar-refractivity contribution in [2.24, 2.45) is 0 Å². The van der Waals surface area contributed by atoms with Gasteiger partial charge in [-0.25, -0.2) is 4.98 Å². The molecule has 0 aliphatic rings. The first-order valence-electron chi connectivity index (χ1n) is 6.15. The van der Waals surface area contributed by atoms with Gasteiger partial charge in [0.05, 0.1) is 15.1 Å². The minimum absolute atomic E-state index is 0.0156. The first kappa shape index (κ1) is 15.3. The third-order valence-corrected chi connectivity index (χ3v) is 3.69. The van der Waals surface area contributed by atoms with Gasteiger partial charge >= 0.3 is 0 Å². The molecular formula is C12H12N4O3S2. The number of carbonyl (C=O) groups is 1. The molecule has 2 rings (SSSR count). The van der Waals surface area contributed by atoms with Crippen molar-refractivity contribution in [3.8, 4) is 0 Å². The molecule has 0 saturated carbocycles. The Kier molecular flexibility index (Phi) is 4.76. The van der Waals surface area contributed by atoms with Gasteiger partial charge in [0.15, 0.2) is 10.2 Å². The van der Waals surface area contributed by atoms with E-state index in [0.29, 0.717) is 17.1 Å². The van der Waals surface area contributed by atoms with E-state index >= 15 is 0 Å². The highest BCUT2D eigenvalue weighted by Gasteiger charge is 2.11. The number of benzene rings is 1. The van der Waals surface area contributed by atoms with Crippen LogP contribution >= 0.6 is 23.6 Å². The van der Waals surface area contributed by atoms with E-state index in [2.05, 4.69) is 15.6 Å². The van der Waals surface area contributed by atoms with Crippen LogP contribution in [0.3, 0.4) is 0 Å². The Labute approximate surface area is 129 Å². The van der Waals surface area contributed by atoms with Crippen LogP contribution in [-0.4, -0.2) is 20.9 Å². The SMILES string of the molecule is CCCC(=O)NC(=S)Nc1nc2cc([N+](=O)[O-])ccc2s1. The fourth-order valence-electron chi connectivity index (χ4n) is 1.63. The molecule has 1 aromatic carbocycles. The van der Waals surface area contributed by atoms with E-state index in [4.69, 9.17) is 12.2 Å². The van der Waals surface area contributed by atoms with Gasteiger partial charge in [0, 0.05) is 18.6 Å². The summed E-state index contributed by atoms with van der Waals surface area (Å²) in [6.07, 6.45) is 1.13. The van der Waals surface area contributed by atoms with E-state index in [1.807, 2.05) is 6.92 Å². The second-order valence-corrected chi connectivity index (χ2v) is 5.62. The molecule has 0 bridgehead atoms. The van der Waals surface area contributed by atoms with E-state index in [-0.39, 0.29) is 16.7 Å². The number of thiocarbonyl (C=S) groups is 1. The molecule has 0 aliphatic carbocycles. The molecule has 2 aromatic rings. The van der Waals surface area contributed by atoms with Crippen LogP contribution in [-0.2, 0) is 4.79 Å². The first-order valence-corrected chi connectivity index (χ1v) is 7.38. The van der Waals surface area contributed by atoms with Gasteiger partial charge in [0.1, 0.15) is 0 Å². The molecule has 0 fully saturated rings. The van der Waals surface area contributed by atoms with E-state index in [0.717, 1.165) is 11.1 Å². The third-order valence-electron chi connectivity index (χ3n) is 2.53. The van der Waals surface area contributed by atoms with Crippen LogP contribution in [0.1, 0.15) is 19.8 Å². The van der Waals surface area contributed by atoms with Crippen molar-refractivity contribution in [2.75, 3.05) is 5.32 Å². The number of amides is 1. The highest BCUT2D eigenvalue weighted by Crippen LogP contribution is 2.28. The van der Waals surface area contributed by atoms with Crippen molar-refractivity contribution < 1.29 is 9.72 Å². The summed E-state index contributed by atoms with van der Waals surface area (Å²) in [4.78, 5) is 25.9. The molecule has 0 radical (unpaired) electrons. The maximum absolute atomic E-state index is 11.4. The molecule has 1 aromatic heterocycles. The topological polar surface area (TPSA) is 97.2 Å². The molecule has 1 amide bonds. The molecule has 0 spiro atoms. The van der Waals surface area contributed by atoms with Crippen molar-refractivity contribution >= 4 is 55.6 Å².